The van der Waals surface area contributed by atoms with Crippen molar-refractivity contribution in [3.63, 3.8) is 0 Å². The van der Waals surface area contributed by atoms with Crippen LogP contribution in [0.1, 0.15) is 0 Å². The fraction of sp³-hybridized carbons (Fsp3) is 0.300. The van der Waals surface area contributed by atoms with Gasteiger partial charge in [-0.1, -0.05) is 0 Å². The quantitative estimate of drug-likeness (QED) is 0.732. The maximum atomic E-state index is 12.8. The number of hydrogen-bond acceptors (Lipinski definition) is 4. The number of pyridine rings is 1. The van der Waals surface area contributed by atoms with E-state index in [1.54, 1.807) is 18.3 Å². The monoisotopic (exact) mass is 222 g/mol. The van der Waals surface area contributed by atoms with E-state index in [-0.39, 0.29) is 13.1 Å². The van der Waals surface area contributed by atoms with Crippen molar-refractivity contribution in [2.24, 2.45) is 0 Å². The second kappa shape index (κ2) is 3.07. The van der Waals surface area contributed by atoms with Crippen LogP contribution in [0.25, 0.3) is 11.0 Å². The molecule has 1 saturated heterocycles. The van der Waals surface area contributed by atoms with Crippen molar-refractivity contribution >= 4 is 16.9 Å². The molecule has 6 heteroatoms. The van der Waals surface area contributed by atoms with E-state index in [4.69, 9.17) is 0 Å². The van der Waals surface area contributed by atoms with Crippen LogP contribution in [0.15, 0.2) is 24.7 Å². The van der Waals surface area contributed by atoms with Gasteiger partial charge in [0.1, 0.15) is 11.8 Å². The molecular weight excluding hydrogens is 214 g/mol. The summed E-state index contributed by atoms with van der Waals surface area (Å²) >= 11 is 0. The summed E-state index contributed by atoms with van der Waals surface area (Å²) in [6, 6.07) is 3.54. The van der Waals surface area contributed by atoms with Crippen molar-refractivity contribution in [3.8, 4) is 0 Å². The van der Waals surface area contributed by atoms with Gasteiger partial charge in [0, 0.05) is 6.20 Å². The molecule has 0 unspecified atom stereocenters. The van der Waals surface area contributed by atoms with Crippen LogP contribution in [-0.2, 0) is 0 Å². The van der Waals surface area contributed by atoms with Crippen molar-refractivity contribution in [2.75, 3.05) is 18.0 Å². The van der Waals surface area contributed by atoms with E-state index in [0.29, 0.717) is 16.9 Å². The van der Waals surface area contributed by atoms with E-state index >= 15 is 0 Å². The zero-order chi connectivity index (χ0) is 11.2. The molecule has 3 rings (SSSR count). The molecule has 0 saturated carbocycles. The number of alkyl halides is 2. The third-order valence-corrected chi connectivity index (χ3v) is 2.52. The highest BCUT2D eigenvalue weighted by Crippen LogP contribution is 2.32. The molecule has 2 aromatic heterocycles. The van der Waals surface area contributed by atoms with Gasteiger partial charge in [0.15, 0.2) is 5.82 Å². The van der Waals surface area contributed by atoms with Crippen LogP contribution in [0.4, 0.5) is 14.6 Å². The standard InChI is InChI=1S/C10H8F2N4/c11-10(12)4-16(5-10)9-8-7(14-6-15-9)2-1-3-13-8/h1-3,6H,4-5H2. The van der Waals surface area contributed by atoms with E-state index < -0.39 is 5.92 Å². The lowest BCUT2D eigenvalue weighted by atomic mass is 10.1. The smallest absolute Gasteiger partial charge is 0.282 e. The van der Waals surface area contributed by atoms with Gasteiger partial charge in [-0.25, -0.2) is 18.7 Å². The zero-order valence-electron chi connectivity index (χ0n) is 8.27. The molecule has 1 aliphatic heterocycles. The van der Waals surface area contributed by atoms with Crippen molar-refractivity contribution < 1.29 is 8.78 Å². The highest BCUT2D eigenvalue weighted by molar-refractivity contribution is 5.85. The van der Waals surface area contributed by atoms with Crippen LogP contribution in [0.3, 0.4) is 0 Å². The van der Waals surface area contributed by atoms with E-state index in [0.717, 1.165) is 0 Å². The molecule has 4 nitrogen and oxygen atoms in total. The number of anilines is 1. The molecule has 1 aliphatic rings. The average molecular weight is 222 g/mol. The molecule has 0 aromatic carbocycles. The summed E-state index contributed by atoms with van der Waals surface area (Å²) in [6.07, 6.45) is 2.98. The minimum atomic E-state index is -2.61. The predicted molar refractivity (Wildman–Crippen MR) is 54.5 cm³/mol. The topological polar surface area (TPSA) is 41.9 Å². The van der Waals surface area contributed by atoms with Crippen molar-refractivity contribution in [1.82, 2.24) is 15.0 Å². The molecule has 0 amide bonds. The maximum absolute atomic E-state index is 12.8. The maximum Gasteiger partial charge on any atom is 0.282 e. The summed E-state index contributed by atoms with van der Waals surface area (Å²) in [6.45, 7) is -0.592. The van der Waals surface area contributed by atoms with Gasteiger partial charge in [-0.2, -0.15) is 0 Å². The lowest BCUT2D eigenvalue weighted by Gasteiger charge is -2.39. The molecule has 2 aromatic rings. The Morgan fingerprint density at radius 3 is 2.75 bits per heavy atom. The van der Waals surface area contributed by atoms with E-state index in [9.17, 15) is 8.78 Å². The normalized spacial score (nSPS) is 18.5. The van der Waals surface area contributed by atoms with E-state index in [1.165, 1.54) is 11.2 Å². The Morgan fingerprint density at radius 1 is 1.19 bits per heavy atom. The van der Waals surface area contributed by atoms with Gasteiger partial charge in [-0.15, -0.1) is 0 Å². The minimum absolute atomic E-state index is 0.296. The number of fused-ring (bicyclic) bond motifs is 1. The van der Waals surface area contributed by atoms with Gasteiger partial charge in [0.25, 0.3) is 5.92 Å². The van der Waals surface area contributed by atoms with Crippen LogP contribution in [0.2, 0.25) is 0 Å². The number of aromatic nitrogens is 3. The molecule has 0 atom stereocenters. The average Bonchev–Trinajstić information content (AvgIpc) is 2.25. The van der Waals surface area contributed by atoms with Crippen molar-refractivity contribution in [2.45, 2.75) is 5.92 Å². The van der Waals surface area contributed by atoms with Crippen molar-refractivity contribution in [1.29, 1.82) is 0 Å². The lowest BCUT2D eigenvalue weighted by Crippen LogP contribution is -2.56. The molecular formula is C10H8F2N4. The van der Waals surface area contributed by atoms with Gasteiger partial charge in [-0.05, 0) is 12.1 Å². The van der Waals surface area contributed by atoms with Crippen LogP contribution >= 0.6 is 0 Å². The molecule has 0 aliphatic carbocycles. The fourth-order valence-corrected chi connectivity index (χ4v) is 1.77. The first-order valence-electron chi connectivity index (χ1n) is 4.84. The highest BCUT2D eigenvalue weighted by atomic mass is 19.3. The van der Waals surface area contributed by atoms with E-state index in [2.05, 4.69) is 15.0 Å². The molecule has 16 heavy (non-hydrogen) atoms. The molecule has 0 spiro atoms. The third kappa shape index (κ3) is 1.37. The molecule has 0 radical (unpaired) electrons. The first-order valence-corrected chi connectivity index (χ1v) is 4.84. The van der Waals surface area contributed by atoms with Gasteiger partial charge in [0.2, 0.25) is 0 Å². The Bertz CT molecular complexity index is 530. The van der Waals surface area contributed by atoms with Crippen LogP contribution < -0.4 is 4.90 Å². The van der Waals surface area contributed by atoms with Gasteiger partial charge < -0.3 is 4.90 Å². The molecule has 3 heterocycles. The summed E-state index contributed by atoms with van der Waals surface area (Å²) < 4.78 is 25.5. The second-order valence-corrected chi connectivity index (χ2v) is 3.78. The summed E-state index contributed by atoms with van der Waals surface area (Å²) in [5.74, 6) is -2.12. The first-order chi connectivity index (χ1) is 7.66. The zero-order valence-corrected chi connectivity index (χ0v) is 8.27. The summed E-state index contributed by atoms with van der Waals surface area (Å²) in [7, 11) is 0. The Hall–Kier alpha value is -1.85. The molecule has 82 valence electrons. The molecule has 0 N–H and O–H groups in total. The molecule has 1 fully saturated rings. The number of rotatable bonds is 1. The largest absolute Gasteiger partial charge is 0.342 e. The van der Waals surface area contributed by atoms with E-state index in [1.807, 2.05) is 0 Å². The summed E-state index contributed by atoms with van der Waals surface area (Å²) in [5.41, 5.74) is 1.24. The highest BCUT2D eigenvalue weighted by Gasteiger charge is 2.45. The Labute approximate surface area is 90.0 Å². The Balaban J connectivity index is 2.05. The van der Waals surface area contributed by atoms with Gasteiger partial charge >= 0.3 is 0 Å². The Kier molecular flexibility index (Phi) is 1.80. The number of nitrogens with zero attached hydrogens (tertiary/aromatic N) is 4. The minimum Gasteiger partial charge on any atom is -0.342 e. The van der Waals surface area contributed by atoms with Crippen LogP contribution in [-0.4, -0.2) is 34.0 Å². The Morgan fingerprint density at radius 2 is 2.00 bits per heavy atom. The van der Waals surface area contributed by atoms with Crippen LogP contribution in [0, 0.1) is 0 Å². The fourth-order valence-electron chi connectivity index (χ4n) is 1.77. The van der Waals surface area contributed by atoms with Gasteiger partial charge in [-0.3, -0.25) is 4.98 Å². The first kappa shape index (κ1) is 9.38. The third-order valence-electron chi connectivity index (χ3n) is 2.52. The second-order valence-electron chi connectivity index (χ2n) is 3.78. The molecule has 0 bridgehead atoms. The summed E-state index contributed by atoms with van der Waals surface area (Å²) in [5, 5.41) is 0. The lowest BCUT2D eigenvalue weighted by molar-refractivity contribution is -0.0265. The van der Waals surface area contributed by atoms with Crippen molar-refractivity contribution in [3.05, 3.63) is 24.7 Å². The predicted octanol–water partition coefficient (Wildman–Crippen LogP) is 1.48. The number of halogens is 2. The SMILES string of the molecule is FC1(F)CN(c2ncnc3cccnc23)C1. The van der Waals surface area contributed by atoms with Crippen LogP contribution in [0.5, 0.6) is 0 Å². The van der Waals surface area contributed by atoms with Gasteiger partial charge in [0.05, 0.1) is 18.6 Å². The number of hydrogen-bond donors (Lipinski definition) is 0. The summed E-state index contributed by atoms with van der Waals surface area (Å²) in [4.78, 5) is 13.7.